The molecule has 1 amide bonds. The Morgan fingerprint density at radius 3 is 2.36 bits per heavy atom. The van der Waals surface area contributed by atoms with E-state index in [0.29, 0.717) is 23.0 Å². The van der Waals surface area contributed by atoms with E-state index < -0.39 is 6.10 Å². The summed E-state index contributed by atoms with van der Waals surface area (Å²) in [5, 5.41) is 2.79. The first-order chi connectivity index (χ1) is 10.5. The molecule has 1 atom stereocenters. The topological polar surface area (TPSA) is 64.3 Å². The van der Waals surface area contributed by atoms with Gasteiger partial charge in [-0.3, -0.25) is 4.79 Å². The molecule has 0 aliphatic rings. The van der Waals surface area contributed by atoms with Crippen molar-refractivity contribution in [3.05, 3.63) is 54.1 Å². The van der Waals surface area contributed by atoms with Gasteiger partial charge in [0.05, 0.1) is 0 Å². The quantitative estimate of drug-likeness (QED) is 0.825. The molecule has 0 heterocycles. The van der Waals surface area contributed by atoms with E-state index in [9.17, 15) is 4.79 Å². The van der Waals surface area contributed by atoms with Crippen LogP contribution >= 0.6 is 0 Å². The van der Waals surface area contributed by atoms with Crippen LogP contribution in [-0.4, -0.2) is 12.0 Å². The first-order valence-corrected chi connectivity index (χ1v) is 7.38. The summed E-state index contributed by atoms with van der Waals surface area (Å²) >= 11 is 0. The molecule has 2 aromatic carbocycles. The third-order valence-corrected chi connectivity index (χ3v) is 3.38. The van der Waals surface area contributed by atoms with Gasteiger partial charge >= 0.3 is 0 Å². The summed E-state index contributed by atoms with van der Waals surface area (Å²) in [6.07, 6.45) is -0.591. The molecule has 0 aliphatic carbocycles. The van der Waals surface area contributed by atoms with E-state index in [1.54, 1.807) is 31.2 Å². The molecule has 2 rings (SSSR count). The Kier molecular flexibility index (Phi) is 5.04. The molecule has 0 unspecified atom stereocenters. The van der Waals surface area contributed by atoms with Gasteiger partial charge in [-0.05, 0) is 48.7 Å². The van der Waals surface area contributed by atoms with E-state index in [0.717, 1.165) is 0 Å². The van der Waals surface area contributed by atoms with Crippen molar-refractivity contribution in [2.45, 2.75) is 32.8 Å². The minimum absolute atomic E-state index is 0.210. The van der Waals surface area contributed by atoms with E-state index in [1.807, 2.05) is 24.3 Å². The standard InChI is InChI=1S/C18H22N2O2/c1-12(2)14-7-9-17(10-8-14)22-13(3)18(21)20-16-6-4-5-15(19)11-16/h4-13H,19H2,1-3H3,(H,20,21)/t13-/m1/s1. The van der Waals surface area contributed by atoms with Crippen LogP contribution in [0.1, 0.15) is 32.3 Å². The number of hydrogen-bond donors (Lipinski definition) is 2. The minimum Gasteiger partial charge on any atom is -0.481 e. The number of ether oxygens (including phenoxy) is 1. The van der Waals surface area contributed by atoms with Crippen LogP contribution in [0.5, 0.6) is 5.75 Å². The molecule has 22 heavy (non-hydrogen) atoms. The number of anilines is 2. The number of nitrogen functional groups attached to an aromatic ring is 1. The molecule has 2 aromatic rings. The van der Waals surface area contributed by atoms with Gasteiger partial charge in [-0.15, -0.1) is 0 Å². The fourth-order valence-electron chi connectivity index (χ4n) is 2.05. The highest BCUT2D eigenvalue weighted by molar-refractivity contribution is 5.94. The van der Waals surface area contributed by atoms with Gasteiger partial charge in [-0.25, -0.2) is 0 Å². The number of amides is 1. The highest BCUT2D eigenvalue weighted by Gasteiger charge is 2.15. The van der Waals surface area contributed by atoms with Gasteiger partial charge in [-0.1, -0.05) is 32.0 Å². The molecule has 0 saturated heterocycles. The Hall–Kier alpha value is -2.49. The van der Waals surface area contributed by atoms with Crippen LogP contribution in [0.15, 0.2) is 48.5 Å². The van der Waals surface area contributed by atoms with Gasteiger partial charge in [0.25, 0.3) is 5.91 Å². The van der Waals surface area contributed by atoms with Crippen LogP contribution in [0.4, 0.5) is 11.4 Å². The van der Waals surface area contributed by atoms with Gasteiger partial charge < -0.3 is 15.8 Å². The summed E-state index contributed by atoms with van der Waals surface area (Å²) in [6, 6.07) is 14.9. The Labute approximate surface area is 131 Å². The maximum absolute atomic E-state index is 12.1. The largest absolute Gasteiger partial charge is 0.481 e. The maximum atomic E-state index is 12.1. The number of carbonyl (C=O) groups excluding carboxylic acids is 1. The second-order valence-corrected chi connectivity index (χ2v) is 5.60. The van der Waals surface area contributed by atoms with Crippen molar-refractivity contribution in [3.8, 4) is 5.75 Å². The van der Waals surface area contributed by atoms with Crippen LogP contribution in [0.3, 0.4) is 0 Å². The van der Waals surface area contributed by atoms with Crippen LogP contribution in [0, 0.1) is 0 Å². The molecule has 0 saturated carbocycles. The smallest absolute Gasteiger partial charge is 0.265 e. The van der Waals surface area contributed by atoms with Crippen molar-refractivity contribution in [2.75, 3.05) is 11.1 Å². The Bertz CT molecular complexity index is 636. The fraction of sp³-hybridized carbons (Fsp3) is 0.278. The van der Waals surface area contributed by atoms with E-state index in [1.165, 1.54) is 5.56 Å². The van der Waals surface area contributed by atoms with Gasteiger partial charge in [-0.2, -0.15) is 0 Å². The molecular weight excluding hydrogens is 276 g/mol. The summed E-state index contributed by atoms with van der Waals surface area (Å²) in [7, 11) is 0. The molecule has 0 radical (unpaired) electrons. The Morgan fingerprint density at radius 2 is 1.77 bits per heavy atom. The molecule has 3 N–H and O–H groups in total. The number of benzene rings is 2. The lowest BCUT2D eigenvalue weighted by Crippen LogP contribution is -2.30. The zero-order valence-corrected chi connectivity index (χ0v) is 13.2. The van der Waals surface area contributed by atoms with Crippen LogP contribution in [0.2, 0.25) is 0 Å². The Balaban J connectivity index is 1.96. The lowest BCUT2D eigenvalue weighted by Gasteiger charge is -2.15. The van der Waals surface area contributed by atoms with Gasteiger partial charge in [0, 0.05) is 11.4 Å². The molecule has 0 fully saturated rings. The molecule has 116 valence electrons. The first kappa shape index (κ1) is 15.9. The summed E-state index contributed by atoms with van der Waals surface area (Å²) in [5.74, 6) is 0.941. The Morgan fingerprint density at radius 1 is 1.09 bits per heavy atom. The lowest BCUT2D eigenvalue weighted by atomic mass is 10.0. The fourth-order valence-corrected chi connectivity index (χ4v) is 2.05. The number of hydrogen-bond acceptors (Lipinski definition) is 3. The van der Waals surface area contributed by atoms with E-state index in [4.69, 9.17) is 10.5 Å². The van der Waals surface area contributed by atoms with Crippen molar-refractivity contribution in [1.82, 2.24) is 0 Å². The third kappa shape index (κ3) is 4.25. The van der Waals surface area contributed by atoms with E-state index in [-0.39, 0.29) is 5.91 Å². The van der Waals surface area contributed by atoms with Crippen LogP contribution in [0.25, 0.3) is 0 Å². The second kappa shape index (κ2) is 6.98. The SMILES string of the molecule is CC(C)c1ccc(O[C@H](C)C(=O)Nc2cccc(N)c2)cc1. The number of nitrogens with one attached hydrogen (secondary N) is 1. The maximum Gasteiger partial charge on any atom is 0.265 e. The summed E-state index contributed by atoms with van der Waals surface area (Å²) in [6.45, 7) is 5.99. The molecule has 0 bridgehead atoms. The zero-order chi connectivity index (χ0) is 16.1. The average molecular weight is 298 g/mol. The van der Waals surface area contributed by atoms with Crippen molar-refractivity contribution in [2.24, 2.45) is 0 Å². The predicted molar refractivity (Wildman–Crippen MR) is 90.1 cm³/mol. The molecule has 0 aromatic heterocycles. The monoisotopic (exact) mass is 298 g/mol. The third-order valence-electron chi connectivity index (χ3n) is 3.38. The number of nitrogens with two attached hydrogens (primary N) is 1. The summed E-state index contributed by atoms with van der Waals surface area (Å²) in [5.41, 5.74) is 8.20. The van der Waals surface area contributed by atoms with Crippen molar-refractivity contribution in [3.63, 3.8) is 0 Å². The molecule has 0 aliphatic heterocycles. The van der Waals surface area contributed by atoms with E-state index >= 15 is 0 Å². The van der Waals surface area contributed by atoms with Crippen molar-refractivity contribution in [1.29, 1.82) is 0 Å². The lowest BCUT2D eigenvalue weighted by molar-refractivity contribution is -0.122. The molecule has 0 spiro atoms. The highest BCUT2D eigenvalue weighted by atomic mass is 16.5. The van der Waals surface area contributed by atoms with E-state index in [2.05, 4.69) is 19.2 Å². The minimum atomic E-state index is -0.591. The van der Waals surface area contributed by atoms with Gasteiger partial charge in [0.2, 0.25) is 0 Å². The molecule has 4 heteroatoms. The second-order valence-electron chi connectivity index (χ2n) is 5.60. The zero-order valence-electron chi connectivity index (χ0n) is 13.2. The average Bonchev–Trinajstić information content (AvgIpc) is 2.47. The van der Waals surface area contributed by atoms with Gasteiger partial charge in [0.1, 0.15) is 5.75 Å². The first-order valence-electron chi connectivity index (χ1n) is 7.38. The number of rotatable bonds is 5. The van der Waals surface area contributed by atoms with Crippen LogP contribution < -0.4 is 15.8 Å². The van der Waals surface area contributed by atoms with Gasteiger partial charge in [0.15, 0.2) is 6.10 Å². The predicted octanol–water partition coefficient (Wildman–Crippen LogP) is 3.80. The van der Waals surface area contributed by atoms with Crippen molar-refractivity contribution < 1.29 is 9.53 Å². The molecule has 4 nitrogen and oxygen atoms in total. The molecular formula is C18H22N2O2. The highest BCUT2D eigenvalue weighted by Crippen LogP contribution is 2.20. The summed E-state index contributed by atoms with van der Waals surface area (Å²) in [4.78, 5) is 12.1. The summed E-state index contributed by atoms with van der Waals surface area (Å²) < 4.78 is 5.67. The normalized spacial score (nSPS) is 12.0. The number of carbonyl (C=O) groups is 1. The van der Waals surface area contributed by atoms with Crippen molar-refractivity contribution >= 4 is 17.3 Å². The van der Waals surface area contributed by atoms with Crippen LogP contribution in [-0.2, 0) is 4.79 Å².